The minimum atomic E-state index is -0.975. The van der Waals surface area contributed by atoms with Crippen molar-refractivity contribution < 1.29 is 19.2 Å². The second kappa shape index (κ2) is 7.25. The van der Waals surface area contributed by atoms with Gasteiger partial charge in [-0.15, -0.1) is 11.3 Å². The van der Waals surface area contributed by atoms with E-state index in [0.29, 0.717) is 46.3 Å². The first-order valence-corrected chi connectivity index (χ1v) is 8.95. The average Bonchev–Trinajstić information content (AvgIpc) is 3.18. The summed E-state index contributed by atoms with van der Waals surface area (Å²) in [6.07, 6.45) is 0. The molecule has 0 fully saturated rings. The highest BCUT2D eigenvalue weighted by molar-refractivity contribution is 7.17. The van der Waals surface area contributed by atoms with Gasteiger partial charge in [-0.2, -0.15) is 4.98 Å². The summed E-state index contributed by atoms with van der Waals surface area (Å²) in [5, 5.41) is 13.8. The van der Waals surface area contributed by atoms with Gasteiger partial charge >= 0.3 is 5.97 Å². The van der Waals surface area contributed by atoms with Gasteiger partial charge in [0.2, 0.25) is 11.7 Å². The van der Waals surface area contributed by atoms with Gasteiger partial charge in [-0.1, -0.05) is 19.0 Å². The highest BCUT2D eigenvalue weighted by Crippen LogP contribution is 2.35. The van der Waals surface area contributed by atoms with Crippen LogP contribution in [-0.4, -0.2) is 32.8 Å². The third kappa shape index (κ3) is 3.75. The Kier molecular flexibility index (Phi) is 5.03. The topological polar surface area (TPSA) is 98.3 Å². The van der Waals surface area contributed by atoms with Gasteiger partial charge in [-0.25, -0.2) is 9.78 Å². The monoisotopic (exact) mass is 373 g/mol. The Morgan fingerprint density at radius 3 is 2.65 bits per heavy atom. The fraction of sp³-hybridized carbons (Fsp3) is 0.333. The Morgan fingerprint density at radius 2 is 2.08 bits per heavy atom. The van der Waals surface area contributed by atoms with Gasteiger partial charge in [0.1, 0.15) is 15.6 Å². The number of carboxylic acid groups (broad SMARTS) is 1. The molecule has 2 heterocycles. The minimum absolute atomic E-state index is 0.233. The predicted octanol–water partition coefficient (Wildman–Crippen LogP) is 4.21. The van der Waals surface area contributed by atoms with Crippen molar-refractivity contribution in [3.05, 3.63) is 34.7 Å². The quantitative estimate of drug-likeness (QED) is 0.691. The maximum absolute atomic E-state index is 11.3. The molecule has 136 valence electrons. The van der Waals surface area contributed by atoms with Crippen LogP contribution in [0.25, 0.3) is 22.0 Å². The zero-order valence-electron chi connectivity index (χ0n) is 14.9. The summed E-state index contributed by atoms with van der Waals surface area (Å²) in [5.41, 5.74) is 1.96. The van der Waals surface area contributed by atoms with E-state index in [9.17, 15) is 9.90 Å². The van der Waals surface area contributed by atoms with E-state index in [-0.39, 0.29) is 4.88 Å². The van der Waals surface area contributed by atoms with Gasteiger partial charge in [0, 0.05) is 12.5 Å². The SMILES string of the molecule is Cc1nc(-c2cc(-c3nc(C)c(C(=O)O)s3)ccc2OCC(C)C)no1. The van der Waals surface area contributed by atoms with Crippen LogP contribution in [0.15, 0.2) is 22.7 Å². The number of carboxylic acids is 1. The van der Waals surface area contributed by atoms with Gasteiger partial charge in [0.05, 0.1) is 17.9 Å². The van der Waals surface area contributed by atoms with Crippen molar-refractivity contribution in [2.45, 2.75) is 27.7 Å². The number of hydrogen-bond acceptors (Lipinski definition) is 7. The van der Waals surface area contributed by atoms with Crippen LogP contribution in [0.4, 0.5) is 0 Å². The molecule has 0 spiro atoms. The van der Waals surface area contributed by atoms with Crippen LogP contribution in [-0.2, 0) is 0 Å². The van der Waals surface area contributed by atoms with Crippen LogP contribution in [0.3, 0.4) is 0 Å². The lowest BCUT2D eigenvalue weighted by molar-refractivity contribution is 0.0701. The van der Waals surface area contributed by atoms with Crippen molar-refractivity contribution in [1.29, 1.82) is 0 Å². The van der Waals surface area contributed by atoms with Crippen LogP contribution in [0.5, 0.6) is 5.75 Å². The van der Waals surface area contributed by atoms with Crippen molar-refractivity contribution in [2.75, 3.05) is 6.61 Å². The molecule has 7 nitrogen and oxygen atoms in total. The van der Waals surface area contributed by atoms with Gasteiger partial charge in [0.15, 0.2) is 0 Å². The number of aromatic nitrogens is 3. The summed E-state index contributed by atoms with van der Waals surface area (Å²) in [7, 11) is 0. The number of nitrogens with zero attached hydrogens (tertiary/aromatic N) is 3. The summed E-state index contributed by atoms with van der Waals surface area (Å²) in [6, 6.07) is 5.54. The summed E-state index contributed by atoms with van der Waals surface area (Å²) in [4.78, 5) is 20.2. The largest absolute Gasteiger partial charge is 0.493 e. The maximum Gasteiger partial charge on any atom is 0.347 e. The van der Waals surface area contributed by atoms with Crippen molar-refractivity contribution in [2.24, 2.45) is 5.92 Å². The van der Waals surface area contributed by atoms with Gasteiger partial charge in [-0.05, 0) is 31.0 Å². The number of thiazole rings is 1. The molecule has 8 heteroatoms. The Labute approximate surface area is 154 Å². The Hall–Kier alpha value is -2.74. The van der Waals surface area contributed by atoms with Crippen LogP contribution in [0, 0.1) is 19.8 Å². The lowest BCUT2D eigenvalue weighted by atomic mass is 10.1. The highest BCUT2D eigenvalue weighted by atomic mass is 32.1. The summed E-state index contributed by atoms with van der Waals surface area (Å²) < 4.78 is 11.0. The predicted molar refractivity (Wildman–Crippen MR) is 97.6 cm³/mol. The molecule has 0 atom stereocenters. The van der Waals surface area contributed by atoms with Gasteiger partial charge in [-0.3, -0.25) is 0 Å². The van der Waals surface area contributed by atoms with Crippen molar-refractivity contribution >= 4 is 17.3 Å². The molecule has 3 aromatic rings. The Balaban J connectivity index is 2.05. The molecular formula is C18H19N3O4S. The van der Waals surface area contributed by atoms with Crippen molar-refractivity contribution in [3.63, 3.8) is 0 Å². The lowest BCUT2D eigenvalue weighted by Crippen LogP contribution is -2.05. The molecule has 2 aromatic heterocycles. The molecular weight excluding hydrogens is 354 g/mol. The number of hydrogen-bond donors (Lipinski definition) is 1. The third-order valence-electron chi connectivity index (χ3n) is 3.56. The standard InChI is InChI=1S/C18H19N3O4S/c1-9(2)8-24-14-6-5-12(7-13(14)16-20-11(4)25-21-16)17-19-10(3)15(26-17)18(22)23/h5-7,9H,8H2,1-4H3,(H,22,23). The van der Waals surface area contributed by atoms with E-state index < -0.39 is 5.97 Å². The molecule has 0 aliphatic rings. The van der Waals surface area contributed by atoms with Crippen molar-refractivity contribution in [3.8, 4) is 27.7 Å². The molecule has 0 aliphatic heterocycles. The van der Waals surface area contributed by atoms with Crippen LogP contribution in [0.2, 0.25) is 0 Å². The normalized spacial score (nSPS) is 11.1. The van der Waals surface area contributed by atoms with Crippen molar-refractivity contribution in [1.82, 2.24) is 15.1 Å². The van der Waals surface area contributed by atoms with E-state index in [4.69, 9.17) is 9.26 Å². The molecule has 0 radical (unpaired) electrons. The number of ether oxygens (including phenoxy) is 1. The van der Waals surface area contributed by atoms with Crippen LogP contribution >= 0.6 is 11.3 Å². The van der Waals surface area contributed by atoms with Crippen LogP contribution in [0.1, 0.15) is 35.1 Å². The molecule has 1 N–H and O–H groups in total. The minimum Gasteiger partial charge on any atom is -0.493 e. The van der Waals surface area contributed by atoms with Gasteiger partial charge in [0.25, 0.3) is 0 Å². The maximum atomic E-state index is 11.3. The smallest absolute Gasteiger partial charge is 0.347 e. The molecule has 3 rings (SSSR count). The summed E-state index contributed by atoms with van der Waals surface area (Å²) >= 11 is 1.14. The molecule has 1 aromatic carbocycles. The zero-order chi connectivity index (χ0) is 18.8. The number of carbonyl (C=O) groups is 1. The number of aromatic carboxylic acids is 1. The van der Waals surface area contributed by atoms with E-state index in [1.165, 1.54) is 0 Å². The summed E-state index contributed by atoms with van der Waals surface area (Å²) in [6.45, 7) is 8.10. The lowest BCUT2D eigenvalue weighted by Gasteiger charge is -2.12. The first-order valence-electron chi connectivity index (χ1n) is 8.13. The number of aryl methyl sites for hydroxylation is 2. The van der Waals surface area contributed by atoms with E-state index in [0.717, 1.165) is 16.9 Å². The third-order valence-corrected chi connectivity index (χ3v) is 4.75. The highest BCUT2D eigenvalue weighted by Gasteiger charge is 2.18. The fourth-order valence-corrected chi connectivity index (χ4v) is 3.25. The molecule has 0 unspecified atom stereocenters. The van der Waals surface area contributed by atoms with E-state index >= 15 is 0 Å². The first kappa shape index (κ1) is 18.1. The second-order valence-corrected chi connectivity index (χ2v) is 7.29. The molecule has 0 aliphatic carbocycles. The number of rotatable bonds is 6. The van der Waals surface area contributed by atoms with Gasteiger partial charge < -0.3 is 14.4 Å². The first-order chi connectivity index (χ1) is 12.3. The second-order valence-electron chi connectivity index (χ2n) is 6.29. The molecule has 0 saturated carbocycles. The Morgan fingerprint density at radius 1 is 1.31 bits per heavy atom. The zero-order valence-corrected chi connectivity index (χ0v) is 15.8. The molecule has 0 bridgehead atoms. The van der Waals surface area contributed by atoms with Crippen LogP contribution < -0.4 is 4.74 Å². The number of benzene rings is 1. The van der Waals surface area contributed by atoms with E-state index in [2.05, 4.69) is 29.0 Å². The van der Waals surface area contributed by atoms with E-state index in [1.54, 1.807) is 13.8 Å². The molecule has 0 saturated heterocycles. The fourth-order valence-electron chi connectivity index (χ4n) is 2.35. The molecule has 26 heavy (non-hydrogen) atoms. The average molecular weight is 373 g/mol. The summed E-state index contributed by atoms with van der Waals surface area (Å²) in [5.74, 6) is 0.926. The van der Waals surface area contributed by atoms with E-state index in [1.807, 2.05) is 18.2 Å². The molecule has 0 amide bonds. The Bertz CT molecular complexity index is 946.